The Morgan fingerprint density at radius 2 is 0.742 bits per heavy atom. The fourth-order valence-electron chi connectivity index (χ4n) is 7.71. The molecule has 0 aliphatic carbocycles. The molecule has 0 saturated heterocycles. The van der Waals surface area contributed by atoms with Gasteiger partial charge in [0.05, 0.1) is 13.1 Å². The number of anilines is 2. The summed E-state index contributed by atoms with van der Waals surface area (Å²) in [6.45, 7) is 4.14. The average Bonchev–Trinajstić information content (AvgIpc) is 3.33. The summed E-state index contributed by atoms with van der Waals surface area (Å²) in [6, 6.07) is 40.3. The Morgan fingerprint density at radius 3 is 1.05 bits per heavy atom. The van der Waals surface area contributed by atoms with Crippen LogP contribution < -0.4 is 37.9 Å². The molecule has 12 heteroatoms. The molecule has 9 heterocycles. The highest BCUT2D eigenvalue weighted by molar-refractivity contribution is 5.78. The zero-order chi connectivity index (χ0) is 46.1. The van der Waals surface area contributed by atoms with Gasteiger partial charge in [0.25, 0.3) is 11.8 Å². The maximum absolute atomic E-state index is 13.6. The second kappa shape index (κ2) is 23.7. The minimum Gasteiger partial charge on any atom is -0.492 e. The van der Waals surface area contributed by atoms with E-state index in [4.69, 9.17) is 18.9 Å². The molecule has 7 aliphatic rings. The van der Waals surface area contributed by atoms with E-state index < -0.39 is 0 Å². The number of ether oxygens (including phenoxy) is 4. The van der Waals surface area contributed by atoms with E-state index >= 15 is 0 Å². The first-order valence-corrected chi connectivity index (χ1v) is 22.9. The van der Waals surface area contributed by atoms with Crippen molar-refractivity contribution in [1.29, 1.82) is 0 Å². The van der Waals surface area contributed by atoms with E-state index in [9.17, 15) is 9.59 Å². The Bertz CT molecular complexity index is 2240. The second-order valence-electron chi connectivity index (χ2n) is 17.0. The van der Waals surface area contributed by atoms with E-state index in [2.05, 4.69) is 92.3 Å². The van der Waals surface area contributed by atoms with E-state index in [-0.39, 0.29) is 25.0 Å². The predicted octanol–water partition coefficient (Wildman–Crippen LogP) is 6.64. The van der Waals surface area contributed by atoms with E-state index in [0.29, 0.717) is 57.3 Å². The van der Waals surface area contributed by atoms with Crippen molar-refractivity contribution < 1.29 is 37.7 Å². The third kappa shape index (κ3) is 14.5. The van der Waals surface area contributed by atoms with Crippen LogP contribution in [0.3, 0.4) is 0 Å². The molecule has 0 atom stereocenters. The van der Waals surface area contributed by atoms with Gasteiger partial charge in [0, 0.05) is 89.8 Å². The van der Waals surface area contributed by atoms with Crippen LogP contribution in [0, 0.1) is 0 Å². The van der Waals surface area contributed by atoms with Gasteiger partial charge < -0.3 is 38.5 Å². The molecule has 0 spiro atoms. The van der Waals surface area contributed by atoms with Crippen LogP contribution in [0.4, 0.5) is 11.4 Å². The third-order valence-electron chi connectivity index (χ3n) is 11.7. The molecule has 4 aromatic carbocycles. The van der Waals surface area contributed by atoms with Crippen molar-refractivity contribution in [3.05, 3.63) is 168 Å². The summed E-state index contributed by atoms with van der Waals surface area (Å²) < 4.78 is 28.7. The monoisotopic (exact) mass is 892 g/mol. The first-order chi connectivity index (χ1) is 32.1. The van der Waals surface area contributed by atoms with E-state index in [1.165, 1.54) is 0 Å². The molecule has 0 radical (unpaired) electrons. The number of hydrogen-bond donors (Lipinski definition) is 0. The lowest BCUT2D eigenvalue weighted by molar-refractivity contribution is -0.697. The van der Waals surface area contributed by atoms with Gasteiger partial charge in [-0.15, -0.1) is 0 Å². The molecule has 0 N–H and O–H groups in total. The van der Waals surface area contributed by atoms with Gasteiger partial charge in [0.1, 0.15) is 49.3 Å². The highest BCUT2D eigenvalue weighted by atomic mass is 16.5. The summed E-state index contributed by atoms with van der Waals surface area (Å²) in [7, 11) is 8.11. The summed E-state index contributed by atoms with van der Waals surface area (Å²) in [5.41, 5.74) is 6.79. The summed E-state index contributed by atoms with van der Waals surface area (Å²) in [5, 5.41) is 0. The van der Waals surface area contributed by atoms with Gasteiger partial charge in [-0.25, -0.2) is 9.13 Å². The van der Waals surface area contributed by atoms with E-state index in [1.807, 2.05) is 111 Å². The molecule has 344 valence electrons. The molecule has 2 aromatic heterocycles. The molecular formula is C54H64N6O6+2. The Labute approximate surface area is 390 Å². The second-order valence-corrected chi connectivity index (χ2v) is 17.0. The minimum absolute atomic E-state index is 0.0711. The number of nitrogens with zero attached hydrogens (tertiary/aromatic N) is 6. The van der Waals surface area contributed by atoms with Gasteiger partial charge in [-0.2, -0.15) is 0 Å². The van der Waals surface area contributed by atoms with Gasteiger partial charge in [-0.3, -0.25) is 9.59 Å². The van der Waals surface area contributed by atoms with Crippen LogP contribution in [-0.2, 0) is 35.5 Å². The number of rotatable bonds is 10. The lowest BCUT2D eigenvalue weighted by Gasteiger charge is -2.23. The lowest BCUT2D eigenvalue weighted by Crippen LogP contribution is -2.41. The van der Waals surface area contributed by atoms with Crippen molar-refractivity contribution in [3.63, 3.8) is 0 Å². The molecule has 7 aliphatic heterocycles. The van der Waals surface area contributed by atoms with Crippen molar-refractivity contribution >= 4 is 23.2 Å². The van der Waals surface area contributed by atoms with Gasteiger partial charge in [-0.1, -0.05) is 48.5 Å². The zero-order valence-electron chi connectivity index (χ0n) is 38.9. The van der Waals surface area contributed by atoms with Gasteiger partial charge in [-0.05, 0) is 83.6 Å². The van der Waals surface area contributed by atoms with Crippen LogP contribution in [0.2, 0.25) is 0 Å². The van der Waals surface area contributed by atoms with Crippen LogP contribution in [-0.4, -0.2) is 102 Å². The first-order valence-electron chi connectivity index (χ1n) is 22.9. The topological polar surface area (TPSA) is 91.8 Å². The third-order valence-corrected chi connectivity index (χ3v) is 11.7. The number of carbonyl (C=O) groups is 2. The number of aryl methyl sites for hydroxylation is 2. The minimum atomic E-state index is -0.0915. The fourth-order valence-corrected chi connectivity index (χ4v) is 7.71. The van der Waals surface area contributed by atoms with Gasteiger partial charge >= 0.3 is 0 Å². The van der Waals surface area contributed by atoms with Crippen molar-refractivity contribution in [1.82, 2.24) is 9.80 Å². The number of amides is 2. The van der Waals surface area contributed by atoms with Crippen molar-refractivity contribution in [3.8, 4) is 23.0 Å². The molecule has 13 rings (SSSR count). The molecule has 0 unspecified atom stereocenters. The maximum atomic E-state index is 13.6. The number of aromatic nitrogens is 2. The zero-order valence-corrected chi connectivity index (χ0v) is 38.9. The molecule has 66 heavy (non-hydrogen) atoms. The Morgan fingerprint density at radius 1 is 0.439 bits per heavy atom. The molecule has 0 saturated carbocycles. The highest BCUT2D eigenvalue weighted by Gasteiger charge is 2.18. The summed E-state index contributed by atoms with van der Waals surface area (Å²) in [6.07, 6.45) is 11.3. The normalized spacial score (nSPS) is 14.1. The Kier molecular flexibility index (Phi) is 16.9. The number of carbonyl (C=O) groups excluding carboxylic acids is 2. The number of benzene rings is 4. The van der Waals surface area contributed by atoms with E-state index in [1.54, 1.807) is 0 Å². The standard InChI is InChI=1S/C54H64N6O6/c1-55(2)47-23-31-57(32-24-47)27-5-29-59-35-37-63-49-15-7-43(8-16-49)39-44-9-17-50(18-10-44)64-38-36-60(30-6-28-58-33-25-48(26-34-58)56(3)4)54(62)42-66-52-21-13-46(14-22-52)40-45-11-19-51(20-12-45)65-41-53(59)61/h7-26,31-34H,5-6,27-30,35-42H2,1-4H3/q+2. The first kappa shape index (κ1) is 46.9. The maximum Gasteiger partial charge on any atom is 0.260 e. The van der Waals surface area contributed by atoms with Crippen molar-refractivity contribution in [2.24, 2.45) is 0 Å². The molecule has 0 fully saturated rings. The number of pyridine rings is 2. The van der Waals surface area contributed by atoms with Gasteiger partial charge in [0.15, 0.2) is 38.0 Å². The molecule has 12 nitrogen and oxygen atoms in total. The van der Waals surface area contributed by atoms with Crippen LogP contribution in [0.1, 0.15) is 35.1 Å². The van der Waals surface area contributed by atoms with Crippen LogP contribution in [0.5, 0.6) is 23.0 Å². The van der Waals surface area contributed by atoms with Crippen molar-refractivity contribution in [2.75, 3.05) is 90.6 Å². The van der Waals surface area contributed by atoms with Crippen LogP contribution in [0.15, 0.2) is 146 Å². The number of hydrogen-bond acceptors (Lipinski definition) is 8. The average molecular weight is 893 g/mol. The summed E-state index contributed by atoms with van der Waals surface area (Å²) >= 11 is 0. The Hall–Kier alpha value is -7.08. The van der Waals surface area contributed by atoms with Crippen LogP contribution >= 0.6 is 0 Å². The SMILES string of the molecule is CN(C)c1cc[n+](CCCN2CCOc3ccc(cc3)Cc3ccc(cc3)OCCN(CCC[n+]3ccc(N(C)C)cc3)C(=O)COc3ccc(cc3)Cc3ccc(cc3)OCC2=O)cc1. The lowest BCUT2D eigenvalue weighted by atomic mass is 10.0. The van der Waals surface area contributed by atoms with Crippen molar-refractivity contribution in [2.45, 2.75) is 38.8 Å². The summed E-state index contributed by atoms with van der Waals surface area (Å²) in [5.74, 6) is 2.58. The summed E-state index contributed by atoms with van der Waals surface area (Å²) in [4.78, 5) is 35.1. The molecule has 8 bridgehead atoms. The van der Waals surface area contributed by atoms with Crippen LogP contribution in [0.25, 0.3) is 0 Å². The highest BCUT2D eigenvalue weighted by Crippen LogP contribution is 2.21. The quantitative estimate of drug-likeness (QED) is 0.142. The smallest absolute Gasteiger partial charge is 0.260 e. The Balaban J connectivity index is 1.01. The molecule has 6 aromatic rings. The largest absolute Gasteiger partial charge is 0.492 e. The molecule has 2 amide bonds. The van der Waals surface area contributed by atoms with E-state index in [0.717, 1.165) is 77.5 Å². The van der Waals surface area contributed by atoms with Gasteiger partial charge in [0.2, 0.25) is 0 Å². The fraction of sp³-hybridized carbons (Fsp3) is 0.333. The predicted molar refractivity (Wildman–Crippen MR) is 258 cm³/mol. The molecular weight excluding hydrogens is 829 g/mol.